The Morgan fingerprint density at radius 1 is 1.37 bits per heavy atom. The molecule has 0 radical (unpaired) electrons. The first kappa shape index (κ1) is 15.0. The molecule has 4 N–H and O–H groups in total. The predicted octanol–water partition coefficient (Wildman–Crippen LogP) is 1.27. The lowest BCUT2D eigenvalue weighted by Crippen LogP contribution is -2.47. The molecule has 0 saturated heterocycles. The van der Waals surface area contributed by atoms with Crippen LogP contribution in [0.15, 0.2) is 12.4 Å². The molecule has 19 heavy (non-hydrogen) atoms. The van der Waals surface area contributed by atoms with Crippen LogP contribution in [0.1, 0.15) is 38.8 Å². The fourth-order valence-electron chi connectivity index (χ4n) is 1.67. The van der Waals surface area contributed by atoms with Gasteiger partial charge >= 0.3 is 12.0 Å². The molecule has 7 heteroatoms. The number of aromatic nitrogens is 2. The third-order valence-corrected chi connectivity index (χ3v) is 2.68. The smallest absolute Gasteiger partial charge is 0.326 e. The molecule has 1 aromatic rings. The average Bonchev–Trinajstić information content (AvgIpc) is 2.80. The molecule has 1 unspecified atom stereocenters. The van der Waals surface area contributed by atoms with Gasteiger partial charge in [0.25, 0.3) is 0 Å². The third-order valence-electron chi connectivity index (χ3n) is 2.68. The van der Waals surface area contributed by atoms with Crippen molar-refractivity contribution in [1.29, 1.82) is 0 Å². The number of carboxylic acids is 1. The van der Waals surface area contributed by atoms with Crippen LogP contribution < -0.4 is 10.6 Å². The van der Waals surface area contributed by atoms with Gasteiger partial charge in [-0.2, -0.15) is 5.10 Å². The Kier molecular flexibility index (Phi) is 5.35. The number of nitrogens with one attached hydrogen (secondary N) is 3. The van der Waals surface area contributed by atoms with Crippen molar-refractivity contribution in [2.75, 3.05) is 0 Å². The topological polar surface area (TPSA) is 107 Å². The maximum Gasteiger partial charge on any atom is 0.326 e. The Morgan fingerprint density at radius 2 is 2.05 bits per heavy atom. The van der Waals surface area contributed by atoms with E-state index in [1.165, 1.54) is 0 Å². The lowest BCUT2D eigenvalue weighted by Gasteiger charge is -2.19. The summed E-state index contributed by atoms with van der Waals surface area (Å²) in [7, 11) is 0. The lowest BCUT2D eigenvalue weighted by atomic mass is 10.0. The van der Waals surface area contributed by atoms with E-state index in [-0.39, 0.29) is 12.0 Å². The van der Waals surface area contributed by atoms with Gasteiger partial charge in [-0.05, 0) is 19.3 Å². The molecule has 1 heterocycles. The number of aliphatic carboxylic acids is 1. The molecule has 1 rings (SSSR count). The number of H-pyrrole nitrogens is 1. The molecular weight excluding hydrogens is 248 g/mol. The molecule has 0 aliphatic heterocycles. The second-order valence-corrected chi connectivity index (χ2v) is 4.89. The summed E-state index contributed by atoms with van der Waals surface area (Å²) in [4.78, 5) is 22.8. The summed E-state index contributed by atoms with van der Waals surface area (Å²) in [6.45, 7) is 5.61. The van der Waals surface area contributed by atoms with Crippen LogP contribution in [0.3, 0.4) is 0 Å². The van der Waals surface area contributed by atoms with Crippen molar-refractivity contribution in [2.24, 2.45) is 5.92 Å². The monoisotopic (exact) mass is 268 g/mol. The summed E-state index contributed by atoms with van der Waals surface area (Å²) in [5.41, 5.74) is 0.825. The highest BCUT2D eigenvalue weighted by molar-refractivity contribution is 5.82. The highest BCUT2D eigenvalue weighted by Crippen LogP contribution is 2.09. The van der Waals surface area contributed by atoms with E-state index >= 15 is 0 Å². The highest BCUT2D eigenvalue weighted by atomic mass is 16.4. The molecule has 0 aliphatic rings. The van der Waals surface area contributed by atoms with Crippen molar-refractivity contribution >= 4 is 12.0 Å². The van der Waals surface area contributed by atoms with Gasteiger partial charge in [-0.25, -0.2) is 9.59 Å². The molecule has 0 aliphatic carbocycles. The largest absolute Gasteiger partial charge is 0.480 e. The van der Waals surface area contributed by atoms with Crippen molar-refractivity contribution in [2.45, 2.75) is 39.3 Å². The van der Waals surface area contributed by atoms with E-state index in [1.54, 1.807) is 19.3 Å². The minimum absolute atomic E-state index is 0.188. The second kappa shape index (κ2) is 6.77. The number of nitrogens with zero attached hydrogens (tertiary/aromatic N) is 1. The van der Waals surface area contributed by atoms with Gasteiger partial charge in [0.15, 0.2) is 0 Å². The van der Waals surface area contributed by atoms with E-state index in [4.69, 9.17) is 5.11 Å². The number of aromatic amines is 1. The first-order valence-corrected chi connectivity index (χ1v) is 6.18. The molecule has 0 fully saturated rings. The van der Waals surface area contributed by atoms with Gasteiger partial charge in [0.05, 0.1) is 12.2 Å². The SMILES string of the molecule is CC(C)C[C@@H](NC(=O)NC(C)c1cn[nH]c1)C(=O)O. The van der Waals surface area contributed by atoms with Gasteiger partial charge in [0, 0.05) is 11.8 Å². The van der Waals surface area contributed by atoms with E-state index in [9.17, 15) is 9.59 Å². The molecule has 2 amide bonds. The maximum atomic E-state index is 11.7. The van der Waals surface area contributed by atoms with E-state index in [0.717, 1.165) is 5.56 Å². The Bertz CT molecular complexity index is 417. The van der Waals surface area contributed by atoms with Crippen molar-refractivity contribution in [3.8, 4) is 0 Å². The van der Waals surface area contributed by atoms with Crippen molar-refractivity contribution in [3.63, 3.8) is 0 Å². The van der Waals surface area contributed by atoms with Crippen molar-refractivity contribution in [1.82, 2.24) is 20.8 Å². The minimum Gasteiger partial charge on any atom is -0.480 e. The van der Waals surface area contributed by atoms with Crippen LogP contribution in [0.2, 0.25) is 0 Å². The zero-order chi connectivity index (χ0) is 14.4. The number of carbonyl (C=O) groups excluding carboxylic acids is 1. The second-order valence-electron chi connectivity index (χ2n) is 4.89. The Labute approximate surface area is 111 Å². The quantitative estimate of drug-likeness (QED) is 0.623. The number of rotatable bonds is 6. The molecule has 0 saturated carbocycles. The Balaban J connectivity index is 2.51. The van der Waals surface area contributed by atoms with Crippen LogP contribution >= 0.6 is 0 Å². The Morgan fingerprint density at radius 3 is 2.53 bits per heavy atom. The fraction of sp³-hybridized carbons (Fsp3) is 0.583. The molecule has 1 aromatic heterocycles. The third kappa shape index (κ3) is 4.99. The lowest BCUT2D eigenvalue weighted by molar-refractivity contribution is -0.139. The maximum absolute atomic E-state index is 11.7. The summed E-state index contributed by atoms with van der Waals surface area (Å²) in [6.07, 6.45) is 3.67. The molecule has 0 spiro atoms. The predicted molar refractivity (Wildman–Crippen MR) is 69.5 cm³/mol. The van der Waals surface area contributed by atoms with Gasteiger partial charge < -0.3 is 15.7 Å². The first-order valence-electron chi connectivity index (χ1n) is 6.18. The van der Waals surface area contributed by atoms with Gasteiger partial charge in [0.2, 0.25) is 0 Å². The van der Waals surface area contributed by atoms with Crippen LogP contribution in [0, 0.1) is 5.92 Å². The molecule has 2 atom stereocenters. The molecular formula is C12H20N4O3. The van der Waals surface area contributed by atoms with Crippen LogP contribution in [0.25, 0.3) is 0 Å². The van der Waals surface area contributed by atoms with Crippen LogP contribution in [-0.2, 0) is 4.79 Å². The highest BCUT2D eigenvalue weighted by Gasteiger charge is 2.21. The zero-order valence-electron chi connectivity index (χ0n) is 11.3. The van der Waals surface area contributed by atoms with Crippen LogP contribution in [0.4, 0.5) is 4.79 Å². The van der Waals surface area contributed by atoms with E-state index < -0.39 is 18.0 Å². The van der Waals surface area contributed by atoms with Crippen LogP contribution in [0.5, 0.6) is 0 Å². The average molecular weight is 268 g/mol. The fourth-order valence-corrected chi connectivity index (χ4v) is 1.67. The first-order chi connectivity index (χ1) is 8.90. The molecule has 106 valence electrons. The summed E-state index contributed by atoms with van der Waals surface area (Å²) in [5.74, 6) is -0.840. The van der Waals surface area contributed by atoms with Gasteiger partial charge in [-0.3, -0.25) is 5.10 Å². The van der Waals surface area contributed by atoms with Gasteiger partial charge in [-0.1, -0.05) is 13.8 Å². The number of hydrogen-bond donors (Lipinski definition) is 4. The summed E-state index contributed by atoms with van der Waals surface area (Å²) >= 11 is 0. The standard InChI is InChI=1S/C12H20N4O3/c1-7(2)4-10(11(17)18)16-12(19)15-8(3)9-5-13-14-6-9/h5-8,10H,4H2,1-3H3,(H,13,14)(H,17,18)(H2,15,16,19)/t8?,10-/m1/s1. The number of carbonyl (C=O) groups is 2. The normalized spacial score (nSPS) is 13.9. The summed E-state index contributed by atoms with van der Waals surface area (Å²) in [5, 5.41) is 20.6. The number of hydrogen-bond acceptors (Lipinski definition) is 3. The van der Waals surface area contributed by atoms with Crippen LogP contribution in [-0.4, -0.2) is 33.3 Å². The van der Waals surface area contributed by atoms with E-state index in [2.05, 4.69) is 20.8 Å². The van der Waals surface area contributed by atoms with Crippen molar-refractivity contribution < 1.29 is 14.7 Å². The number of urea groups is 1. The van der Waals surface area contributed by atoms with E-state index in [0.29, 0.717) is 6.42 Å². The molecule has 0 aromatic carbocycles. The summed E-state index contributed by atoms with van der Waals surface area (Å²) in [6, 6.07) is -1.62. The van der Waals surface area contributed by atoms with Crippen molar-refractivity contribution in [3.05, 3.63) is 18.0 Å². The van der Waals surface area contributed by atoms with Gasteiger partial charge in [-0.15, -0.1) is 0 Å². The minimum atomic E-state index is -1.03. The zero-order valence-corrected chi connectivity index (χ0v) is 11.3. The summed E-state index contributed by atoms with van der Waals surface area (Å²) < 4.78 is 0. The Hall–Kier alpha value is -2.05. The van der Waals surface area contributed by atoms with E-state index in [1.807, 2.05) is 13.8 Å². The van der Waals surface area contributed by atoms with Gasteiger partial charge in [0.1, 0.15) is 6.04 Å². The number of amides is 2. The molecule has 7 nitrogen and oxygen atoms in total. The number of carboxylic acid groups (broad SMARTS) is 1. The molecule has 0 bridgehead atoms.